The van der Waals surface area contributed by atoms with E-state index in [0.717, 1.165) is 0 Å². The zero-order valence-electron chi connectivity index (χ0n) is 6.27. The minimum absolute atomic E-state index is 0.0454. The number of likely N-dealkylation sites (N-methyl/N-ethyl adjacent to an activating group) is 1. The molecule has 4 N–H and O–H groups in total. The second-order valence-corrected chi connectivity index (χ2v) is 2.60. The number of rotatable bonds is 1. The largest absolute Gasteiger partial charge is 0.389 e. The van der Waals surface area contributed by atoms with E-state index in [1.54, 1.807) is 7.05 Å². The van der Waals surface area contributed by atoms with Crippen molar-refractivity contribution in [3.63, 3.8) is 0 Å². The minimum atomic E-state index is -1.20. The third-order valence-electron chi connectivity index (χ3n) is 1.85. The summed E-state index contributed by atoms with van der Waals surface area (Å²) in [6.07, 6.45) is -3.03. The van der Waals surface area contributed by atoms with Gasteiger partial charge in [0.2, 0.25) is 0 Å². The standard InChI is InChI=1S/C6H13NO4/c1-7-4-3(8)2-11-6(10)5(4)9/h3-10H,2H2,1H3/t3-,4-,5+,6-/m0/s1. The second-order valence-electron chi connectivity index (χ2n) is 2.60. The van der Waals surface area contributed by atoms with Gasteiger partial charge in [0.1, 0.15) is 6.10 Å². The van der Waals surface area contributed by atoms with Crippen LogP contribution in [0.2, 0.25) is 0 Å². The maximum absolute atomic E-state index is 9.21. The van der Waals surface area contributed by atoms with Gasteiger partial charge < -0.3 is 25.4 Å². The zero-order chi connectivity index (χ0) is 8.43. The second kappa shape index (κ2) is 3.46. The van der Waals surface area contributed by atoms with Crippen LogP contribution in [0.4, 0.5) is 0 Å². The summed E-state index contributed by atoms with van der Waals surface area (Å²) in [5.41, 5.74) is 0. The van der Waals surface area contributed by atoms with Crippen molar-refractivity contribution in [1.82, 2.24) is 5.32 Å². The minimum Gasteiger partial charge on any atom is -0.389 e. The van der Waals surface area contributed by atoms with Crippen molar-refractivity contribution < 1.29 is 20.1 Å². The van der Waals surface area contributed by atoms with E-state index in [4.69, 9.17) is 5.11 Å². The average Bonchev–Trinajstić information content (AvgIpc) is 1.99. The van der Waals surface area contributed by atoms with Crippen LogP contribution in [0.25, 0.3) is 0 Å². The lowest BCUT2D eigenvalue weighted by molar-refractivity contribution is -0.223. The van der Waals surface area contributed by atoms with Gasteiger partial charge in [-0.05, 0) is 7.05 Å². The zero-order valence-corrected chi connectivity index (χ0v) is 6.27. The first-order valence-corrected chi connectivity index (χ1v) is 3.50. The Kier molecular flexibility index (Phi) is 2.80. The van der Waals surface area contributed by atoms with E-state index >= 15 is 0 Å². The predicted molar refractivity (Wildman–Crippen MR) is 36.8 cm³/mol. The van der Waals surface area contributed by atoms with Crippen LogP contribution in [0.3, 0.4) is 0 Å². The molecule has 0 unspecified atom stereocenters. The molecule has 66 valence electrons. The molecule has 5 heteroatoms. The van der Waals surface area contributed by atoms with Crippen molar-refractivity contribution in [3.05, 3.63) is 0 Å². The molecule has 0 spiro atoms. The molecule has 0 aromatic rings. The quantitative estimate of drug-likeness (QED) is 0.348. The third-order valence-corrected chi connectivity index (χ3v) is 1.85. The number of aliphatic hydroxyl groups is 3. The van der Waals surface area contributed by atoms with Gasteiger partial charge in [0.15, 0.2) is 6.29 Å². The van der Waals surface area contributed by atoms with E-state index in [9.17, 15) is 10.2 Å². The summed E-state index contributed by atoms with van der Waals surface area (Å²) in [4.78, 5) is 0. The first-order valence-electron chi connectivity index (χ1n) is 3.50. The summed E-state index contributed by atoms with van der Waals surface area (Å²) in [6, 6.07) is -0.515. The molecule has 1 heterocycles. The lowest BCUT2D eigenvalue weighted by atomic mass is 10.0. The molecule has 4 atom stereocenters. The highest BCUT2D eigenvalue weighted by molar-refractivity contribution is 4.86. The molecule has 1 fully saturated rings. The van der Waals surface area contributed by atoms with Gasteiger partial charge in [0, 0.05) is 0 Å². The van der Waals surface area contributed by atoms with Gasteiger partial charge in [-0.25, -0.2) is 0 Å². The number of hydrogen-bond acceptors (Lipinski definition) is 5. The molecular weight excluding hydrogens is 150 g/mol. The van der Waals surface area contributed by atoms with Crippen molar-refractivity contribution in [2.45, 2.75) is 24.5 Å². The fourth-order valence-electron chi connectivity index (χ4n) is 1.17. The Bertz CT molecular complexity index is 132. The Morgan fingerprint density at radius 2 is 2.00 bits per heavy atom. The molecule has 0 bridgehead atoms. The van der Waals surface area contributed by atoms with Gasteiger partial charge in [-0.2, -0.15) is 0 Å². The molecule has 0 radical (unpaired) electrons. The normalized spacial score (nSPS) is 45.8. The molecular formula is C6H13NO4. The summed E-state index contributed by atoms with van der Waals surface area (Å²) < 4.78 is 4.65. The molecule has 0 amide bonds. The molecule has 0 saturated carbocycles. The fourth-order valence-corrected chi connectivity index (χ4v) is 1.17. The van der Waals surface area contributed by atoms with Crippen molar-refractivity contribution >= 4 is 0 Å². The van der Waals surface area contributed by atoms with Crippen molar-refractivity contribution in [1.29, 1.82) is 0 Å². The Morgan fingerprint density at radius 1 is 1.36 bits per heavy atom. The maximum Gasteiger partial charge on any atom is 0.182 e. The predicted octanol–water partition coefficient (Wildman–Crippen LogP) is -2.36. The summed E-state index contributed by atoms with van der Waals surface area (Å²) >= 11 is 0. The molecule has 1 aliphatic rings. The van der Waals surface area contributed by atoms with E-state index in [0.29, 0.717) is 0 Å². The van der Waals surface area contributed by atoms with Crippen LogP contribution >= 0.6 is 0 Å². The van der Waals surface area contributed by atoms with Gasteiger partial charge in [0.05, 0.1) is 18.8 Å². The van der Waals surface area contributed by atoms with Crippen LogP contribution in [0, 0.1) is 0 Å². The van der Waals surface area contributed by atoms with Gasteiger partial charge >= 0.3 is 0 Å². The summed E-state index contributed by atoms with van der Waals surface area (Å²) in [5.74, 6) is 0. The fraction of sp³-hybridized carbons (Fsp3) is 1.00. The van der Waals surface area contributed by atoms with E-state index in [-0.39, 0.29) is 6.61 Å². The summed E-state index contributed by atoms with van der Waals surface area (Å²) in [5, 5.41) is 30.1. The maximum atomic E-state index is 9.21. The Hall–Kier alpha value is -0.200. The van der Waals surface area contributed by atoms with E-state index in [1.807, 2.05) is 0 Å². The highest BCUT2D eigenvalue weighted by Crippen LogP contribution is 2.12. The lowest BCUT2D eigenvalue weighted by Gasteiger charge is -2.35. The molecule has 1 rings (SSSR count). The van der Waals surface area contributed by atoms with Crippen molar-refractivity contribution in [2.75, 3.05) is 13.7 Å². The highest BCUT2D eigenvalue weighted by Gasteiger charge is 2.36. The number of hydrogen-bond donors (Lipinski definition) is 4. The molecule has 11 heavy (non-hydrogen) atoms. The molecule has 5 nitrogen and oxygen atoms in total. The van der Waals surface area contributed by atoms with Crippen molar-refractivity contribution in [2.24, 2.45) is 0 Å². The van der Waals surface area contributed by atoms with Gasteiger partial charge in [-0.3, -0.25) is 0 Å². The van der Waals surface area contributed by atoms with Crippen LogP contribution in [-0.4, -0.2) is 53.5 Å². The van der Waals surface area contributed by atoms with Gasteiger partial charge in [-0.1, -0.05) is 0 Å². The first-order chi connectivity index (χ1) is 5.16. The topological polar surface area (TPSA) is 82.0 Å². The number of aliphatic hydroxyl groups excluding tert-OH is 3. The van der Waals surface area contributed by atoms with E-state index < -0.39 is 24.5 Å². The SMILES string of the molecule is CN[C@@H]1[C@@H](O)[C@@H](O)OC[C@@H]1O. The molecule has 1 saturated heterocycles. The van der Waals surface area contributed by atoms with Gasteiger partial charge in [0.25, 0.3) is 0 Å². The van der Waals surface area contributed by atoms with Crippen LogP contribution in [0.15, 0.2) is 0 Å². The van der Waals surface area contributed by atoms with Crippen molar-refractivity contribution in [3.8, 4) is 0 Å². The molecule has 1 aliphatic heterocycles. The summed E-state index contributed by atoms with van der Waals surface area (Å²) in [7, 11) is 1.61. The van der Waals surface area contributed by atoms with Crippen LogP contribution in [0.1, 0.15) is 0 Å². The van der Waals surface area contributed by atoms with E-state index in [1.165, 1.54) is 0 Å². The lowest BCUT2D eigenvalue weighted by Crippen LogP contribution is -2.58. The Morgan fingerprint density at radius 3 is 2.45 bits per heavy atom. The molecule has 0 aromatic heterocycles. The van der Waals surface area contributed by atoms with Crippen LogP contribution in [0.5, 0.6) is 0 Å². The average molecular weight is 163 g/mol. The smallest absolute Gasteiger partial charge is 0.182 e. The van der Waals surface area contributed by atoms with Gasteiger partial charge in [-0.15, -0.1) is 0 Å². The third kappa shape index (κ3) is 1.69. The van der Waals surface area contributed by atoms with Crippen LogP contribution < -0.4 is 5.32 Å². The molecule has 0 aromatic carbocycles. The van der Waals surface area contributed by atoms with Crippen LogP contribution in [-0.2, 0) is 4.74 Å². The summed E-state index contributed by atoms with van der Waals surface area (Å²) in [6.45, 7) is 0.0454. The monoisotopic (exact) mass is 163 g/mol. The number of ether oxygens (including phenoxy) is 1. The highest BCUT2D eigenvalue weighted by atomic mass is 16.6. The number of nitrogens with one attached hydrogen (secondary N) is 1. The molecule has 0 aliphatic carbocycles. The Labute approximate surface area is 64.6 Å². The van der Waals surface area contributed by atoms with E-state index in [2.05, 4.69) is 10.1 Å². The Balaban J connectivity index is 2.55. The first kappa shape index (κ1) is 8.89.